The summed E-state index contributed by atoms with van der Waals surface area (Å²) in [5, 5.41) is 2.84. The van der Waals surface area contributed by atoms with Crippen LogP contribution in [0.5, 0.6) is 5.75 Å². The minimum Gasteiger partial charge on any atom is -0.491 e. The Hall–Kier alpha value is -2.54. The van der Waals surface area contributed by atoms with Gasteiger partial charge in [0.25, 0.3) is 0 Å². The summed E-state index contributed by atoms with van der Waals surface area (Å²) in [6, 6.07) is 12.0. The second-order valence-corrected chi connectivity index (χ2v) is 9.47. The highest BCUT2D eigenvalue weighted by Gasteiger charge is 2.30. The van der Waals surface area contributed by atoms with Crippen LogP contribution in [0.15, 0.2) is 42.5 Å². The SMILES string of the molecule is Cc1ccc(OC[C@@H](C)NC(=O)[C@H](C)N(c2cc(C)cc(C)c2)S(C)(=O)=O)cc1. The summed E-state index contributed by atoms with van der Waals surface area (Å²) in [7, 11) is -3.65. The van der Waals surface area contributed by atoms with Crippen LogP contribution in [-0.2, 0) is 14.8 Å². The standard InChI is InChI=1S/C22H30N2O4S/c1-15-7-9-21(10-8-15)28-14-18(4)23-22(25)19(5)24(29(6,26)27)20-12-16(2)11-17(3)13-20/h7-13,18-19H,14H2,1-6H3,(H,23,25)/t18-,19+/m1/s1. The third kappa shape index (κ3) is 6.49. The average molecular weight is 419 g/mol. The molecule has 0 bridgehead atoms. The number of hydrogen-bond acceptors (Lipinski definition) is 4. The quantitative estimate of drug-likeness (QED) is 0.713. The van der Waals surface area contributed by atoms with Crippen LogP contribution in [0.2, 0.25) is 0 Å². The van der Waals surface area contributed by atoms with Crippen molar-refractivity contribution in [1.82, 2.24) is 5.32 Å². The molecule has 2 atom stereocenters. The number of benzene rings is 2. The van der Waals surface area contributed by atoms with Crippen LogP contribution in [-0.4, -0.2) is 39.3 Å². The van der Waals surface area contributed by atoms with Gasteiger partial charge in [-0.15, -0.1) is 0 Å². The Labute approximate surface area is 173 Å². The van der Waals surface area contributed by atoms with Crippen molar-refractivity contribution in [3.05, 3.63) is 59.2 Å². The average Bonchev–Trinajstić information content (AvgIpc) is 2.59. The molecule has 0 fully saturated rings. The van der Waals surface area contributed by atoms with Crippen molar-refractivity contribution in [2.75, 3.05) is 17.2 Å². The summed E-state index contributed by atoms with van der Waals surface area (Å²) in [4.78, 5) is 12.8. The highest BCUT2D eigenvalue weighted by molar-refractivity contribution is 7.92. The lowest BCUT2D eigenvalue weighted by molar-refractivity contribution is -0.122. The number of rotatable bonds is 8. The predicted octanol–water partition coefficient (Wildman–Crippen LogP) is 3.35. The van der Waals surface area contributed by atoms with E-state index in [1.54, 1.807) is 19.1 Å². The minimum atomic E-state index is -3.65. The van der Waals surface area contributed by atoms with Gasteiger partial charge in [0.15, 0.2) is 0 Å². The molecule has 2 aromatic rings. The smallest absolute Gasteiger partial charge is 0.243 e. The number of carbonyl (C=O) groups excluding carboxylic acids is 1. The van der Waals surface area contributed by atoms with Crippen LogP contribution >= 0.6 is 0 Å². The summed E-state index contributed by atoms with van der Waals surface area (Å²) >= 11 is 0. The maximum Gasteiger partial charge on any atom is 0.243 e. The molecule has 158 valence electrons. The number of anilines is 1. The van der Waals surface area contributed by atoms with E-state index in [1.807, 2.05) is 58.0 Å². The monoisotopic (exact) mass is 418 g/mol. The van der Waals surface area contributed by atoms with Crippen LogP contribution in [0.1, 0.15) is 30.5 Å². The lowest BCUT2D eigenvalue weighted by atomic mass is 10.1. The number of amides is 1. The number of carbonyl (C=O) groups is 1. The zero-order valence-electron chi connectivity index (χ0n) is 17.9. The third-order valence-electron chi connectivity index (χ3n) is 4.46. The first-order valence-electron chi connectivity index (χ1n) is 9.55. The second kappa shape index (κ2) is 9.31. The number of hydrogen-bond donors (Lipinski definition) is 1. The van der Waals surface area contributed by atoms with Crippen LogP contribution in [0.4, 0.5) is 5.69 Å². The van der Waals surface area contributed by atoms with E-state index in [0.717, 1.165) is 33.0 Å². The molecule has 0 aliphatic carbocycles. The van der Waals surface area contributed by atoms with Crippen molar-refractivity contribution in [2.24, 2.45) is 0 Å². The molecule has 0 unspecified atom stereocenters. The van der Waals surface area contributed by atoms with Gasteiger partial charge in [0, 0.05) is 0 Å². The summed E-state index contributed by atoms with van der Waals surface area (Å²) in [6.07, 6.45) is 1.11. The summed E-state index contributed by atoms with van der Waals surface area (Å²) < 4.78 is 31.8. The van der Waals surface area contributed by atoms with Crippen LogP contribution in [0.3, 0.4) is 0 Å². The number of nitrogens with zero attached hydrogens (tertiary/aromatic N) is 1. The molecule has 0 saturated heterocycles. The van der Waals surface area contributed by atoms with Gasteiger partial charge in [0.1, 0.15) is 18.4 Å². The lowest BCUT2D eigenvalue weighted by Crippen LogP contribution is -2.50. The van der Waals surface area contributed by atoms with Crippen molar-refractivity contribution < 1.29 is 17.9 Å². The molecule has 29 heavy (non-hydrogen) atoms. The molecule has 0 radical (unpaired) electrons. The highest BCUT2D eigenvalue weighted by atomic mass is 32.2. The number of sulfonamides is 1. The molecular formula is C22H30N2O4S. The molecule has 0 aliphatic heterocycles. The van der Waals surface area contributed by atoms with Gasteiger partial charge in [0.2, 0.25) is 15.9 Å². The lowest BCUT2D eigenvalue weighted by Gasteiger charge is -2.29. The summed E-state index contributed by atoms with van der Waals surface area (Å²) in [6.45, 7) is 9.47. The number of aryl methyl sites for hydroxylation is 3. The van der Waals surface area contributed by atoms with Gasteiger partial charge >= 0.3 is 0 Å². The van der Waals surface area contributed by atoms with E-state index in [-0.39, 0.29) is 18.6 Å². The molecule has 0 spiro atoms. The summed E-state index contributed by atoms with van der Waals surface area (Å²) in [5.41, 5.74) is 3.48. The third-order valence-corrected chi connectivity index (χ3v) is 5.70. The zero-order chi connectivity index (χ0) is 21.8. The fraction of sp³-hybridized carbons (Fsp3) is 0.409. The maximum atomic E-state index is 12.8. The van der Waals surface area contributed by atoms with Crippen LogP contribution in [0, 0.1) is 20.8 Å². The van der Waals surface area contributed by atoms with Crippen LogP contribution < -0.4 is 14.4 Å². The molecule has 2 rings (SSSR count). The molecule has 0 aromatic heterocycles. The number of nitrogens with one attached hydrogen (secondary N) is 1. The molecule has 6 nitrogen and oxygen atoms in total. The molecule has 0 heterocycles. The topological polar surface area (TPSA) is 75.7 Å². The van der Waals surface area contributed by atoms with E-state index in [4.69, 9.17) is 4.74 Å². The Morgan fingerprint density at radius 2 is 1.55 bits per heavy atom. The van der Waals surface area contributed by atoms with Crippen molar-refractivity contribution in [3.63, 3.8) is 0 Å². The first-order valence-corrected chi connectivity index (χ1v) is 11.4. The van der Waals surface area contributed by atoms with Gasteiger partial charge < -0.3 is 10.1 Å². The fourth-order valence-electron chi connectivity index (χ4n) is 3.15. The molecule has 7 heteroatoms. The molecule has 1 amide bonds. The Kier molecular flexibility index (Phi) is 7.30. The van der Waals surface area contributed by atoms with E-state index in [0.29, 0.717) is 5.69 Å². The van der Waals surface area contributed by atoms with Crippen molar-refractivity contribution in [1.29, 1.82) is 0 Å². The van der Waals surface area contributed by atoms with Gasteiger partial charge in [-0.2, -0.15) is 0 Å². The second-order valence-electron chi connectivity index (χ2n) is 7.61. The van der Waals surface area contributed by atoms with Gasteiger partial charge in [-0.3, -0.25) is 9.10 Å². The van der Waals surface area contributed by atoms with Crippen molar-refractivity contribution in [2.45, 2.75) is 46.7 Å². The van der Waals surface area contributed by atoms with Crippen molar-refractivity contribution >= 4 is 21.6 Å². The summed E-state index contributed by atoms with van der Waals surface area (Å²) in [5.74, 6) is 0.340. The van der Waals surface area contributed by atoms with Gasteiger partial charge in [0.05, 0.1) is 18.0 Å². The Morgan fingerprint density at radius 1 is 1.00 bits per heavy atom. The van der Waals surface area contributed by atoms with E-state index < -0.39 is 16.1 Å². The maximum absolute atomic E-state index is 12.8. The Bertz CT molecular complexity index is 935. The van der Waals surface area contributed by atoms with Gasteiger partial charge in [-0.25, -0.2) is 8.42 Å². The minimum absolute atomic E-state index is 0.282. The predicted molar refractivity (Wildman–Crippen MR) is 117 cm³/mol. The highest BCUT2D eigenvalue weighted by Crippen LogP contribution is 2.24. The number of ether oxygens (including phenoxy) is 1. The first kappa shape index (κ1) is 22.7. The van der Waals surface area contributed by atoms with Crippen LogP contribution in [0.25, 0.3) is 0 Å². The normalized spacial score (nSPS) is 13.4. The van der Waals surface area contributed by atoms with E-state index in [9.17, 15) is 13.2 Å². The van der Waals surface area contributed by atoms with E-state index >= 15 is 0 Å². The fourth-order valence-corrected chi connectivity index (χ4v) is 4.31. The first-order chi connectivity index (χ1) is 13.5. The zero-order valence-corrected chi connectivity index (χ0v) is 18.7. The molecule has 2 aromatic carbocycles. The molecule has 0 aliphatic rings. The van der Waals surface area contributed by atoms with E-state index in [2.05, 4.69) is 5.32 Å². The Balaban J connectivity index is 2.09. The van der Waals surface area contributed by atoms with Gasteiger partial charge in [-0.1, -0.05) is 23.8 Å². The largest absolute Gasteiger partial charge is 0.491 e. The molecular weight excluding hydrogens is 388 g/mol. The molecule has 1 N–H and O–H groups in total. The Morgan fingerprint density at radius 3 is 2.07 bits per heavy atom. The van der Waals surface area contributed by atoms with E-state index in [1.165, 1.54) is 0 Å². The van der Waals surface area contributed by atoms with Crippen molar-refractivity contribution in [3.8, 4) is 5.75 Å². The van der Waals surface area contributed by atoms with Gasteiger partial charge in [-0.05, 0) is 70.0 Å². The molecule has 0 saturated carbocycles.